The van der Waals surface area contributed by atoms with Gasteiger partial charge in [0.1, 0.15) is 22.2 Å². The summed E-state index contributed by atoms with van der Waals surface area (Å²) in [5, 5.41) is 7.77. The summed E-state index contributed by atoms with van der Waals surface area (Å²) in [6, 6.07) is 6.76. The van der Waals surface area contributed by atoms with Crippen LogP contribution in [0.25, 0.3) is 28.1 Å². The second-order valence-electron chi connectivity index (χ2n) is 8.95. The van der Waals surface area contributed by atoms with E-state index >= 15 is 0 Å². The standard InChI is InChI=1S/C26H27ClN6O4/c1-12(2)29-11-16(10-28)23-14(4)22(34)18-9-13(3)8-17(24(18)36-23)15(5)30-19-6-7-20(27)31-21(19)25-32-26(35)37-33-25/h6-12,15,30H,28H2,1-5H3,(H,32,33,35)/b16-10+,29-11?/t15-/m1/s1. The molecule has 0 aliphatic rings. The monoisotopic (exact) mass is 522 g/mol. The zero-order valence-corrected chi connectivity index (χ0v) is 21.8. The van der Waals surface area contributed by atoms with Gasteiger partial charge in [0.05, 0.1) is 22.7 Å². The lowest BCUT2D eigenvalue weighted by molar-refractivity contribution is 0.388. The van der Waals surface area contributed by atoms with E-state index in [-0.39, 0.29) is 28.5 Å². The molecule has 0 spiro atoms. The van der Waals surface area contributed by atoms with Crippen molar-refractivity contribution < 1.29 is 8.94 Å². The van der Waals surface area contributed by atoms with Crippen LogP contribution in [-0.4, -0.2) is 27.4 Å². The maximum Gasteiger partial charge on any atom is 0.439 e. The first-order valence-corrected chi connectivity index (χ1v) is 12.0. The molecule has 0 bridgehead atoms. The molecule has 0 saturated heterocycles. The summed E-state index contributed by atoms with van der Waals surface area (Å²) >= 11 is 6.10. The predicted molar refractivity (Wildman–Crippen MR) is 145 cm³/mol. The number of aromatic nitrogens is 3. The molecule has 10 nitrogen and oxygen atoms in total. The Hall–Kier alpha value is -4.18. The molecule has 0 unspecified atom stereocenters. The summed E-state index contributed by atoms with van der Waals surface area (Å²) in [5.41, 5.74) is 9.57. The fraction of sp³-hybridized carbons (Fsp3) is 0.269. The largest absolute Gasteiger partial charge is 0.455 e. The van der Waals surface area contributed by atoms with E-state index in [1.165, 1.54) is 6.20 Å². The number of aliphatic imine (C=N–C) groups is 1. The highest BCUT2D eigenvalue weighted by atomic mass is 35.5. The minimum Gasteiger partial charge on any atom is -0.455 e. The minimum atomic E-state index is -0.713. The van der Waals surface area contributed by atoms with E-state index in [4.69, 9.17) is 21.8 Å². The number of rotatable bonds is 7. The van der Waals surface area contributed by atoms with Gasteiger partial charge in [-0.25, -0.2) is 9.78 Å². The predicted octanol–water partition coefficient (Wildman–Crippen LogP) is 4.75. The number of anilines is 1. The van der Waals surface area contributed by atoms with Gasteiger partial charge in [0.25, 0.3) is 0 Å². The molecular formula is C26H27ClN6O4. The first-order valence-electron chi connectivity index (χ1n) is 11.6. The summed E-state index contributed by atoms with van der Waals surface area (Å²) in [5.74, 6) is -0.228. The number of fused-ring (bicyclic) bond motifs is 1. The molecule has 0 saturated carbocycles. The lowest BCUT2D eigenvalue weighted by Gasteiger charge is -2.20. The van der Waals surface area contributed by atoms with Crippen molar-refractivity contribution in [2.24, 2.45) is 10.7 Å². The van der Waals surface area contributed by atoms with Crippen LogP contribution < -0.4 is 22.2 Å². The third kappa shape index (κ3) is 5.34. The van der Waals surface area contributed by atoms with Gasteiger partial charge in [0.2, 0.25) is 5.82 Å². The number of aromatic amines is 1. The van der Waals surface area contributed by atoms with Gasteiger partial charge in [-0.1, -0.05) is 22.8 Å². The van der Waals surface area contributed by atoms with Gasteiger partial charge < -0.3 is 15.5 Å². The van der Waals surface area contributed by atoms with E-state index in [0.29, 0.717) is 39.2 Å². The van der Waals surface area contributed by atoms with Crippen LogP contribution in [0.4, 0.5) is 5.69 Å². The number of aryl methyl sites for hydroxylation is 1. The van der Waals surface area contributed by atoms with Gasteiger partial charge >= 0.3 is 5.76 Å². The number of H-pyrrole nitrogens is 1. The number of nitrogens with zero attached hydrogens (tertiary/aromatic N) is 3. The van der Waals surface area contributed by atoms with E-state index in [1.54, 1.807) is 31.3 Å². The molecular weight excluding hydrogens is 496 g/mol. The van der Waals surface area contributed by atoms with Crippen molar-refractivity contribution in [1.29, 1.82) is 0 Å². The normalized spacial score (nSPS) is 13.1. The van der Waals surface area contributed by atoms with E-state index < -0.39 is 5.76 Å². The van der Waals surface area contributed by atoms with Crippen LogP contribution in [0.1, 0.15) is 49.3 Å². The number of hydrogen-bond acceptors (Lipinski definition) is 9. The first kappa shape index (κ1) is 25.9. The number of pyridine rings is 1. The van der Waals surface area contributed by atoms with Crippen LogP contribution in [0.15, 0.2) is 54.0 Å². The van der Waals surface area contributed by atoms with Crippen LogP contribution in [0.5, 0.6) is 0 Å². The average molecular weight is 523 g/mol. The number of benzene rings is 1. The van der Waals surface area contributed by atoms with Crippen LogP contribution in [0, 0.1) is 13.8 Å². The Bertz CT molecular complexity index is 1650. The van der Waals surface area contributed by atoms with Gasteiger partial charge in [0.15, 0.2) is 5.43 Å². The highest BCUT2D eigenvalue weighted by Gasteiger charge is 2.21. The first-order chi connectivity index (χ1) is 17.6. The molecule has 37 heavy (non-hydrogen) atoms. The third-order valence-electron chi connectivity index (χ3n) is 5.71. The minimum absolute atomic E-state index is 0.0479. The van der Waals surface area contributed by atoms with E-state index in [2.05, 4.69) is 30.0 Å². The van der Waals surface area contributed by atoms with Crippen LogP contribution >= 0.6 is 11.6 Å². The van der Waals surface area contributed by atoms with Crippen molar-refractivity contribution in [2.45, 2.75) is 46.7 Å². The SMILES string of the molecule is Cc1cc([C@@H](C)Nc2ccc(Cl)nc2-c2noc(=O)[nH]2)c2oc(/C(C=NC(C)C)=C/N)c(C)c(=O)c2c1. The molecule has 11 heteroatoms. The van der Waals surface area contributed by atoms with Gasteiger partial charge in [-0.2, -0.15) is 0 Å². The molecule has 0 amide bonds. The lowest BCUT2D eigenvalue weighted by atomic mass is 9.99. The van der Waals surface area contributed by atoms with Gasteiger partial charge in [-0.05, 0) is 58.4 Å². The van der Waals surface area contributed by atoms with Gasteiger partial charge in [0, 0.05) is 29.6 Å². The Kier molecular flexibility index (Phi) is 7.30. The molecule has 0 fully saturated rings. The van der Waals surface area contributed by atoms with Crippen molar-refractivity contribution in [3.8, 4) is 11.5 Å². The summed E-state index contributed by atoms with van der Waals surface area (Å²) in [4.78, 5) is 36.1. The Balaban J connectivity index is 1.85. The molecule has 4 rings (SSSR count). The highest BCUT2D eigenvalue weighted by Crippen LogP contribution is 2.33. The van der Waals surface area contributed by atoms with E-state index in [1.807, 2.05) is 33.8 Å². The number of nitrogens with two attached hydrogens (primary N) is 1. The molecule has 4 aromatic rings. The van der Waals surface area contributed by atoms with Crippen LogP contribution in [-0.2, 0) is 0 Å². The van der Waals surface area contributed by atoms with Crippen molar-refractivity contribution in [3.05, 3.63) is 78.8 Å². The maximum absolute atomic E-state index is 13.4. The molecule has 1 aromatic carbocycles. The molecule has 0 aliphatic carbocycles. The summed E-state index contributed by atoms with van der Waals surface area (Å²) in [6.07, 6.45) is 2.99. The molecule has 0 radical (unpaired) electrons. The number of nitrogens with one attached hydrogen (secondary N) is 2. The highest BCUT2D eigenvalue weighted by molar-refractivity contribution is 6.29. The van der Waals surface area contributed by atoms with E-state index in [9.17, 15) is 9.59 Å². The van der Waals surface area contributed by atoms with Crippen molar-refractivity contribution in [1.82, 2.24) is 15.1 Å². The summed E-state index contributed by atoms with van der Waals surface area (Å²) in [6.45, 7) is 9.42. The Morgan fingerprint density at radius 3 is 2.62 bits per heavy atom. The van der Waals surface area contributed by atoms with Gasteiger partial charge in [-0.3, -0.25) is 19.3 Å². The second kappa shape index (κ2) is 10.4. The lowest BCUT2D eigenvalue weighted by Crippen LogP contribution is -2.14. The molecule has 1 atom stereocenters. The fourth-order valence-electron chi connectivity index (χ4n) is 3.95. The third-order valence-corrected chi connectivity index (χ3v) is 5.92. The Labute approximate surface area is 217 Å². The zero-order chi connectivity index (χ0) is 26.9. The number of hydrogen-bond donors (Lipinski definition) is 3. The number of halogens is 1. The molecule has 192 valence electrons. The fourth-order valence-corrected chi connectivity index (χ4v) is 4.09. The number of allylic oxidation sites excluding steroid dienone is 1. The van der Waals surface area contributed by atoms with Crippen LogP contribution in [0.3, 0.4) is 0 Å². The zero-order valence-electron chi connectivity index (χ0n) is 21.0. The molecule has 4 N–H and O–H groups in total. The maximum atomic E-state index is 13.4. The topological polar surface area (TPSA) is 152 Å². The van der Waals surface area contributed by atoms with Crippen LogP contribution in [0.2, 0.25) is 5.15 Å². The smallest absolute Gasteiger partial charge is 0.439 e. The second-order valence-corrected chi connectivity index (χ2v) is 9.34. The van der Waals surface area contributed by atoms with Crippen molar-refractivity contribution in [2.75, 3.05) is 5.32 Å². The van der Waals surface area contributed by atoms with Crippen molar-refractivity contribution >= 4 is 40.0 Å². The molecule has 3 aromatic heterocycles. The van der Waals surface area contributed by atoms with E-state index in [0.717, 1.165) is 11.1 Å². The Morgan fingerprint density at radius 2 is 1.97 bits per heavy atom. The summed E-state index contributed by atoms with van der Waals surface area (Å²) < 4.78 is 11.0. The average Bonchev–Trinajstić information content (AvgIpc) is 3.29. The Morgan fingerprint density at radius 1 is 1.22 bits per heavy atom. The quantitative estimate of drug-likeness (QED) is 0.232. The van der Waals surface area contributed by atoms with Crippen molar-refractivity contribution in [3.63, 3.8) is 0 Å². The van der Waals surface area contributed by atoms with Gasteiger partial charge in [-0.15, -0.1) is 0 Å². The molecule has 3 heterocycles. The molecule has 0 aliphatic heterocycles. The summed E-state index contributed by atoms with van der Waals surface area (Å²) in [7, 11) is 0.